The minimum absolute atomic E-state index is 0. The maximum absolute atomic E-state index is 13.2. The number of carbonyl (C=O) groups is 2. The maximum Gasteiger partial charge on any atom is 0.256 e. The Morgan fingerprint density at radius 1 is 1.05 bits per heavy atom. The number of hydrazine groups is 1. The Morgan fingerprint density at radius 2 is 1.74 bits per heavy atom. The summed E-state index contributed by atoms with van der Waals surface area (Å²) in [5.74, 6) is 0.716. The molecule has 2 amide bonds. The van der Waals surface area contributed by atoms with Gasteiger partial charge in [-0.05, 0) is 36.2 Å². The van der Waals surface area contributed by atoms with Crippen LogP contribution in [0.3, 0.4) is 0 Å². The lowest BCUT2D eigenvalue weighted by atomic mass is 10.1. The Kier molecular flexibility index (Phi) is 12.2. The van der Waals surface area contributed by atoms with E-state index in [0.29, 0.717) is 37.9 Å². The van der Waals surface area contributed by atoms with Gasteiger partial charge in [-0.15, -0.1) is 24.8 Å². The molecule has 0 unspecified atom stereocenters. The molecule has 1 aliphatic rings. The first kappa shape index (κ1) is 32.0. The summed E-state index contributed by atoms with van der Waals surface area (Å²) < 4.78 is 5.09. The van der Waals surface area contributed by atoms with Crippen LogP contribution in [0.2, 0.25) is 0 Å². The van der Waals surface area contributed by atoms with Crippen LogP contribution >= 0.6 is 24.8 Å². The van der Waals surface area contributed by atoms with Gasteiger partial charge < -0.3 is 20.1 Å². The van der Waals surface area contributed by atoms with Crippen molar-refractivity contribution in [1.82, 2.24) is 30.4 Å². The fourth-order valence-electron chi connectivity index (χ4n) is 4.28. The summed E-state index contributed by atoms with van der Waals surface area (Å²) in [5.41, 5.74) is 5.03. The Labute approximate surface area is 241 Å². The van der Waals surface area contributed by atoms with E-state index in [1.807, 2.05) is 49.2 Å². The minimum Gasteiger partial charge on any atom is -0.376 e. The molecule has 4 rings (SSSR count). The van der Waals surface area contributed by atoms with Crippen LogP contribution in [0.1, 0.15) is 29.5 Å². The molecule has 10 nitrogen and oxygen atoms in total. The number of hydrogen-bond acceptors (Lipinski definition) is 8. The smallest absolute Gasteiger partial charge is 0.256 e. The second-order valence-electron chi connectivity index (χ2n) is 9.20. The number of nitrogens with one attached hydrogen (secondary N) is 2. The topological polar surface area (TPSA) is 107 Å². The van der Waals surface area contributed by atoms with Crippen molar-refractivity contribution in [3.05, 3.63) is 65.0 Å². The van der Waals surface area contributed by atoms with Gasteiger partial charge in [0, 0.05) is 51.4 Å². The highest BCUT2D eigenvalue weighted by Gasteiger charge is 2.27. The van der Waals surface area contributed by atoms with Gasteiger partial charge in [0.2, 0.25) is 17.6 Å². The Hall–Kier alpha value is -3.18. The van der Waals surface area contributed by atoms with Gasteiger partial charge in [0.15, 0.2) is 0 Å². The van der Waals surface area contributed by atoms with Crippen LogP contribution in [-0.2, 0) is 22.7 Å². The fraction of sp³-hybridized carbons (Fsp3) is 0.407. The number of likely N-dealkylation sites (N-methyl/N-ethyl adjacent to an activating group) is 2. The highest BCUT2D eigenvalue weighted by Crippen LogP contribution is 2.24. The van der Waals surface area contributed by atoms with Crippen LogP contribution in [0.4, 0.5) is 5.69 Å². The van der Waals surface area contributed by atoms with Gasteiger partial charge in [0.1, 0.15) is 6.54 Å². The van der Waals surface area contributed by atoms with E-state index in [-0.39, 0.29) is 49.7 Å². The van der Waals surface area contributed by atoms with Crippen molar-refractivity contribution in [1.29, 1.82) is 0 Å². The summed E-state index contributed by atoms with van der Waals surface area (Å²) in [7, 11) is 1.77. The third kappa shape index (κ3) is 8.15. The molecular weight excluding hydrogens is 541 g/mol. The number of hydrogen-bond donors (Lipinski definition) is 2. The summed E-state index contributed by atoms with van der Waals surface area (Å²) >= 11 is 0. The molecule has 212 valence electrons. The Bertz CT molecular complexity index is 1230. The van der Waals surface area contributed by atoms with Crippen LogP contribution in [-0.4, -0.2) is 76.6 Å². The van der Waals surface area contributed by atoms with E-state index in [4.69, 9.17) is 4.52 Å². The van der Waals surface area contributed by atoms with E-state index in [0.717, 1.165) is 23.4 Å². The molecule has 0 aliphatic carbocycles. The number of benzene rings is 2. The van der Waals surface area contributed by atoms with Crippen molar-refractivity contribution in [3.63, 3.8) is 0 Å². The van der Waals surface area contributed by atoms with Gasteiger partial charge in [-0.25, -0.2) is 5.01 Å². The second kappa shape index (κ2) is 14.8. The highest BCUT2D eigenvalue weighted by molar-refractivity contribution is 5.87. The number of aromatic nitrogens is 2. The molecule has 1 aromatic heterocycles. The summed E-state index contributed by atoms with van der Waals surface area (Å²) in [6, 6.07) is 14.0. The maximum atomic E-state index is 13.2. The number of carbonyl (C=O) groups excluding carboxylic acids is 2. The molecule has 0 saturated carbocycles. The zero-order chi connectivity index (χ0) is 26.4. The lowest BCUT2D eigenvalue weighted by Gasteiger charge is -2.31. The average molecular weight is 579 g/mol. The monoisotopic (exact) mass is 577 g/mol. The van der Waals surface area contributed by atoms with Crippen LogP contribution in [0.5, 0.6) is 0 Å². The highest BCUT2D eigenvalue weighted by atomic mass is 35.5. The summed E-state index contributed by atoms with van der Waals surface area (Å²) in [6.45, 7) is 9.00. The van der Waals surface area contributed by atoms with Gasteiger partial charge in [-0.2, -0.15) is 4.98 Å². The lowest BCUT2D eigenvalue weighted by molar-refractivity contribution is -0.151. The van der Waals surface area contributed by atoms with E-state index in [1.54, 1.807) is 23.9 Å². The molecule has 2 aromatic carbocycles. The van der Waals surface area contributed by atoms with E-state index >= 15 is 0 Å². The number of aryl methyl sites for hydroxylation is 2. The first-order chi connectivity index (χ1) is 17.9. The second-order valence-corrected chi connectivity index (χ2v) is 9.20. The third-order valence-corrected chi connectivity index (χ3v) is 6.55. The minimum atomic E-state index is -0.149. The molecule has 12 heteroatoms. The van der Waals surface area contributed by atoms with E-state index in [1.165, 1.54) is 11.1 Å². The molecule has 0 bridgehead atoms. The standard InChI is InChI=1S/C27H35N7O3.2ClH/c1-5-28-12-13-33(18-26(36)32(4)34-16-22-8-6-7-9-23(22)17-34)25(35)15-29-24-14-21(11-10-19(24)2)27-30-20(3)37-31-27;;/h6-11,14,28-29H,5,12-13,15-18H2,1-4H3;2*1H. The zero-order valence-corrected chi connectivity index (χ0v) is 24.4. The largest absolute Gasteiger partial charge is 0.376 e. The molecule has 0 spiro atoms. The van der Waals surface area contributed by atoms with Gasteiger partial charge >= 0.3 is 0 Å². The zero-order valence-electron chi connectivity index (χ0n) is 22.8. The number of fused-ring (bicyclic) bond motifs is 1. The lowest BCUT2D eigenvalue weighted by Crippen LogP contribution is -2.49. The number of rotatable bonds is 11. The van der Waals surface area contributed by atoms with Crippen molar-refractivity contribution < 1.29 is 14.1 Å². The van der Waals surface area contributed by atoms with Crippen LogP contribution in [0.15, 0.2) is 47.0 Å². The Balaban J connectivity index is 0.00000267. The normalized spacial score (nSPS) is 12.2. The van der Waals surface area contributed by atoms with Crippen LogP contribution in [0, 0.1) is 13.8 Å². The van der Waals surface area contributed by atoms with Gasteiger partial charge in [-0.1, -0.05) is 48.5 Å². The average Bonchev–Trinajstić information content (AvgIpc) is 3.53. The molecule has 2 heterocycles. The summed E-state index contributed by atoms with van der Waals surface area (Å²) in [5, 5.41) is 14.1. The predicted molar refractivity (Wildman–Crippen MR) is 156 cm³/mol. The number of anilines is 1. The molecular formula is C27H37Cl2N7O3. The van der Waals surface area contributed by atoms with E-state index < -0.39 is 0 Å². The van der Waals surface area contributed by atoms with Gasteiger partial charge in [0.05, 0.1) is 6.54 Å². The van der Waals surface area contributed by atoms with Gasteiger partial charge in [-0.3, -0.25) is 14.6 Å². The molecule has 3 aromatic rings. The Morgan fingerprint density at radius 3 is 2.36 bits per heavy atom. The van der Waals surface area contributed by atoms with Crippen LogP contribution < -0.4 is 10.6 Å². The molecule has 0 radical (unpaired) electrons. The van der Waals surface area contributed by atoms with Crippen molar-refractivity contribution >= 4 is 42.3 Å². The quantitative estimate of drug-likeness (QED) is 0.334. The van der Waals surface area contributed by atoms with E-state index in [9.17, 15) is 9.59 Å². The summed E-state index contributed by atoms with van der Waals surface area (Å²) in [6.07, 6.45) is 0. The number of halogens is 2. The molecule has 0 saturated heterocycles. The van der Waals surface area contributed by atoms with Crippen molar-refractivity contribution in [2.45, 2.75) is 33.9 Å². The van der Waals surface area contributed by atoms with Crippen molar-refractivity contribution in [2.75, 3.05) is 45.1 Å². The molecule has 0 fully saturated rings. The first-order valence-corrected chi connectivity index (χ1v) is 12.6. The number of amides is 2. The molecule has 0 atom stereocenters. The number of nitrogens with zero attached hydrogens (tertiary/aromatic N) is 5. The van der Waals surface area contributed by atoms with Crippen LogP contribution in [0.25, 0.3) is 11.4 Å². The van der Waals surface area contributed by atoms with E-state index in [2.05, 4.69) is 32.9 Å². The van der Waals surface area contributed by atoms with Crippen molar-refractivity contribution in [2.24, 2.45) is 0 Å². The third-order valence-electron chi connectivity index (χ3n) is 6.55. The van der Waals surface area contributed by atoms with Crippen molar-refractivity contribution in [3.8, 4) is 11.4 Å². The molecule has 1 aliphatic heterocycles. The predicted octanol–water partition coefficient (Wildman–Crippen LogP) is 3.44. The summed E-state index contributed by atoms with van der Waals surface area (Å²) in [4.78, 5) is 32.3. The molecule has 2 N–H and O–H groups in total. The molecule has 39 heavy (non-hydrogen) atoms. The fourth-order valence-corrected chi connectivity index (χ4v) is 4.28. The van der Waals surface area contributed by atoms with Gasteiger partial charge in [0.25, 0.3) is 5.91 Å². The first-order valence-electron chi connectivity index (χ1n) is 12.6. The SMILES string of the molecule is CCNCCN(CC(=O)N(C)N1Cc2ccccc2C1)C(=O)CNc1cc(-c2noc(C)n2)ccc1C.Cl.Cl.